The number of halogens is 1. The quantitative estimate of drug-likeness (QED) is 0.601. The minimum atomic E-state index is -0.388. The second-order valence-corrected chi connectivity index (χ2v) is 5.11. The molecule has 4 nitrogen and oxygen atoms in total. The van der Waals surface area contributed by atoms with Crippen molar-refractivity contribution in [2.24, 2.45) is 5.92 Å². The molecule has 1 saturated carbocycles. The van der Waals surface area contributed by atoms with E-state index in [9.17, 15) is 10.1 Å². The zero-order valence-corrected chi connectivity index (χ0v) is 11.2. The van der Waals surface area contributed by atoms with Gasteiger partial charge in [0.25, 0.3) is 0 Å². The molecule has 0 spiro atoms. The van der Waals surface area contributed by atoms with Crippen molar-refractivity contribution in [3.05, 3.63) is 33.3 Å². The normalized spacial score (nSPS) is 15.2. The Bertz CT molecular complexity index is 447. The van der Waals surface area contributed by atoms with Crippen LogP contribution >= 0.6 is 11.6 Å². The van der Waals surface area contributed by atoms with Crippen LogP contribution in [0.15, 0.2) is 18.2 Å². The Balaban J connectivity index is 2.28. The summed E-state index contributed by atoms with van der Waals surface area (Å²) in [7, 11) is 0. The van der Waals surface area contributed by atoms with Gasteiger partial charge < -0.3 is 4.90 Å². The molecule has 0 aliphatic heterocycles. The summed E-state index contributed by atoms with van der Waals surface area (Å²) in [6.45, 7) is 3.67. The van der Waals surface area contributed by atoms with Gasteiger partial charge in [0.05, 0.1) is 4.92 Å². The van der Waals surface area contributed by atoms with Crippen molar-refractivity contribution in [2.75, 3.05) is 18.0 Å². The van der Waals surface area contributed by atoms with Gasteiger partial charge in [-0.15, -0.1) is 0 Å². The fraction of sp³-hybridized carbons (Fsp3) is 0.538. The maximum Gasteiger partial charge on any atom is 0.310 e. The highest BCUT2D eigenvalue weighted by Gasteiger charge is 2.26. The summed E-state index contributed by atoms with van der Waals surface area (Å²) in [6.07, 6.45) is 3.73. The van der Waals surface area contributed by atoms with Gasteiger partial charge in [-0.2, -0.15) is 0 Å². The molecular formula is C13H17ClN2O2. The van der Waals surface area contributed by atoms with Gasteiger partial charge in [0.1, 0.15) is 10.7 Å². The number of para-hydroxylation sites is 1. The highest BCUT2D eigenvalue weighted by molar-refractivity contribution is 6.33. The van der Waals surface area contributed by atoms with Crippen LogP contribution in [0.2, 0.25) is 5.02 Å². The maximum absolute atomic E-state index is 11.1. The summed E-state index contributed by atoms with van der Waals surface area (Å²) in [6, 6.07) is 5.13. The molecule has 0 atom stereocenters. The van der Waals surface area contributed by atoms with Crippen molar-refractivity contribution in [3.8, 4) is 0 Å². The minimum absolute atomic E-state index is 0.0281. The molecule has 1 aromatic carbocycles. The van der Waals surface area contributed by atoms with Crippen LogP contribution < -0.4 is 4.90 Å². The van der Waals surface area contributed by atoms with E-state index in [0.29, 0.717) is 11.6 Å². The van der Waals surface area contributed by atoms with Crippen LogP contribution in [-0.4, -0.2) is 18.0 Å². The molecule has 18 heavy (non-hydrogen) atoms. The third kappa shape index (κ3) is 2.58. The molecule has 0 radical (unpaired) electrons. The highest BCUT2D eigenvalue weighted by Crippen LogP contribution is 2.37. The summed E-state index contributed by atoms with van der Waals surface area (Å²) in [5.74, 6) is 0.670. The molecule has 1 aliphatic rings. The van der Waals surface area contributed by atoms with Crippen LogP contribution in [0.3, 0.4) is 0 Å². The summed E-state index contributed by atoms with van der Waals surface area (Å²) < 4.78 is 0. The van der Waals surface area contributed by atoms with Crippen molar-refractivity contribution in [3.63, 3.8) is 0 Å². The predicted molar refractivity (Wildman–Crippen MR) is 73.3 cm³/mol. The number of nitro benzene ring substituents is 1. The zero-order chi connectivity index (χ0) is 13.1. The molecular weight excluding hydrogens is 252 g/mol. The largest absolute Gasteiger partial charge is 0.366 e. The van der Waals surface area contributed by atoms with Gasteiger partial charge in [-0.3, -0.25) is 10.1 Å². The van der Waals surface area contributed by atoms with Crippen LogP contribution in [0.1, 0.15) is 26.2 Å². The number of hydrogen-bond acceptors (Lipinski definition) is 3. The van der Waals surface area contributed by atoms with E-state index < -0.39 is 0 Å². The lowest BCUT2D eigenvalue weighted by atomic mass is 9.85. The molecule has 98 valence electrons. The Morgan fingerprint density at radius 2 is 2.22 bits per heavy atom. The van der Waals surface area contributed by atoms with Crippen molar-refractivity contribution in [1.82, 2.24) is 0 Å². The van der Waals surface area contributed by atoms with Crippen LogP contribution in [0.25, 0.3) is 0 Å². The van der Waals surface area contributed by atoms with Gasteiger partial charge in [0, 0.05) is 13.1 Å². The summed E-state index contributed by atoms with van der Waals surface area (Å²) in [4.78, 5) is 12.8. The lowest BCUT2D eigenvalue weighted by molar-refractivity contribution is -0.384. The number of nitro groups is 1. The Kier molecular flexibility index (Phi) is 4.07. The van der Waals surface area contributed by atoms with E-state index in [-0.39, 0.29) is 15.6 Å². The first kappa shape index (κ1) is 13.1. The van der Waals surface area contributed by atoms with E-state index in [4.69, 9.17) is 11.6 Å². The molecule has 0 aromatic heterocycles. The van der Waals surface area contributed by atoms with Gasteiger partial charge in [0.15, 0.2) is 0 Å². The standard InChI is InChI=1S/C13H17ClN2O2/c1-2-15(9-10-5-3-6-10)12-8-4-7-11(14)13(12)16(17)18/h4,7-8,10H,2-3,5-6,9H2,1H3. The van der Waals surface area contributed by atoms with E-state index >= 15 is 0 Å². The maximum atomic E-state index is 11.1. The van der Waals surface area contributed by atoms with Crippen LogP contribution in [0, 0.1) is 16.0 Å². The number of rotatable bonds is 5. The second kappa shape index (κ2) is 5.57. The van der Waals surface area contributed by atoms with Gasteiger partial charge in [-0.25, -0.2) is 0 Å². The lowest BCUT2D eigenvalue weighted by Crippen LogP contribution is -2.32. The Hall–Kier alpha value is -1.29. The van der Waals surface area contributed by atoms with Crippen molar-refractivity contribution in [1.29, 1.82) is 0 Å². The first-order chi connectivity index (χ1) is 8.63. The van der Waals surface area contributed by atoms with Crippen LogP contribution in [0.4, 0.5) is 11.4 Å². The van der Waals surface area contributed by atoms with Crippen LogP contribution in [-0.2, 0) is 0 Å². The molecule has 0 bridgehead atoms. The van der Waals surface area contributed by atoms with Gasteiger partial charge in [-0.1, -0.05) is 24.1 Å². The molecule has 0 amide bonds. The monoisotopic (exact) mass is 268 g/mol. The lowest BCUT2D eigenvalue weighted by Gasteiger charge is -2.32. The molecule has 0 heterocycles. The predicted octanol–water partition coefficient (Wildman–Crippen LogP) is 3.87. The summed E-state index contributed by atoms with van der Waals surface area (Å²) in [5, 5.41) is 11.3. The molecule has 1 aliphatic carbocycles. The molecule has 0 unspecified atom stereocenters. The van der Waals surface area contributed by atoms with E-state index in [1.807, 2.05) is 6.92 Å². The van der Waals surface area contributed by atoms with E-state index in [1.165, 1.54) is 19.3 Å². The Morgan fingerprint density at radius 1 is 1.50 bits per heavy atom. The zero-order valence-electron chi connectivity index (χ0n) is 10.4. The topological polar surface area (TPSA) is 46.4 Å². The minimum Gasteiger partial charge on any atom is -0.366 e. The number of hydrogen-bond donors (Lipinski definition) is 0. The first-order valence-electron chi connectivity index (χ1n) is 6.31. The summed E-state index contributed by atoms with van der Waals surface area (Å²) in [5.41, 5.74) is 0.669. The van der Waals surface area contributed by atoms with Gasteiger partial charge in [-0.05, 0) is 37.8 Å². The number of benzene rings is 1. The molecule has 5 heteroatoms. The van der Waals surface area contributed by atoms with Crippen molar-refractivity contribution >= 4 is 23.0 Å². The second-order valence-electron chi connectivity index (χ2n) is 4.70. The average Bonchev–Trinajstić information content (AvgIpc) is 2.27. The molecule has 0 saturated heterocycles. The van der Waals surface area contributed by atoms with E-state index in [1.54, 1.807) is 18.2 Å². The molecule has 0 N–H and O–H groups in total. The van der Waals surface area contributed by atoms with Gasteiger partial charge in [0.2, 0.25) is 0 Å². The third-order valence-corrected chi connectivity index (χ3v) is 3.88. The summed E-state index contributed by atoms with van der Waals surface area (Å²) >= 11 is 5.94. The fourth-order valence-electron chi connectivity index (χ4n) is 2.32. The highest BCUT2D eigenvalue weighted by atomic mass is 35.5. The fourth-order valence-corrected chi connectivity index (χ4v) is 2.56. The van der Waals surface area contributed by atoms with Crippen molar-refractivity contribution in [2.45, 2.75) is 26.2 Å². The van der Waals surface area contributed by atoms with E-state index in [2.05, 4.69) is 4.90 Å². The average molecular weight is 269 g/mol. The number of nitrogens with zero attached hydrogens (tertiary/aromatic N) is 2. The molecule has 1 aromatic rings. The molecule has 1 fully saturated rings. The molecule has 2 rings (SSSR count). The van der Waals surface area contributed by atoms with Crippen LogP contribution in [0.5, 0.6) is 0 Å². The smallest absolute Gasteiger partial charge is 0.310 e. The Labute approximate surface area is 112 Å². The Morgan fingerprint density at radius 3 is 2.72 bits per heavy atom. The first-order valence-corrected chi connectivity index (χ1v) is 6.69. The van der Waals surface area contributed by atoms with Gasteiger partial charge >= 0.3 is 5.69 Å². The van der Waals surface area contributed by atoms with Crippen molar-refractivity contribution < 1.29 is 4.92 Å². The van der Waals surface area contributed by atoms with E-state index in [0.717, 1.165) is 13.1 Å². The SMILES string of the molecule is CCN(CC1CCC1)c1cccc(Cl)c1[N+](=O)[O-]. The number of anilines is 1. The third-order valence-electron chi connectivity index (χ3n) is 3.57.